The third kappa shape index (κ3) is 2.96. The monoisotopic (exact) mass is 379 g/mol. The van der Waals surface area contributed by atoms with Gasteiger partial charge in [-0.2, -0.15) is 0 Å². The second-order valence-electron chi connectivity index (χ2n) is 6.07. The van der Waals surface area contributed by atoms with Crippen molar-refractivity contribution in [3.05, 3.63) is 47.3 Å². The first-order valence-corrected chi connectivity index (χ1v) is 10.0. The zero-order valence-corrected chi connectivity index (χ0v) is 15.1. The molecule has 0 radical (unpaired) electrons. The smallest absolute Gasteiger partial charge is 0.329 e. The van der Waals surface area contributed by atoms with Gasteiger partial charge in [-0.15, -0.1) is 11.3 Å². The van der Waals surface area contributed by atoms with E-state index in [0.717, 1.165) is 11.3 Å². The Morgan fingerprint density at radius 2 is 1.84 bits per heavy atom. The summed E-state index contributed by atoms with van der Waals surface area (Å²) in [5, 5.41) is 9.44. The molecule has 2 heterocycles. The Labute approximate surface area is 149 Å². The molecule has 0 saturated carbocycles. The van der Waals surface area contributed by atoms with E-state index in [1.807, 2.05) is 0 Å². The summed E-state index contributed by atoms with van der Waals surface area (Å²) in [6, 6.07) is 10.8. The highest BCUT2D eigenvalue weighted by Crippen LogP contribution is 2.34. The van der Waals surface area contributed by atoms with Crippen LogP contribution in [0, 0.1) is 0 Å². The minimum atomic E-state index is -3.69. The molecule has 1 aromatic carbocycles. The molecular formula is C17H17NO5S2. The van der Waals surface area contributed by atoms with E-state index in [4.69, 9.17) is 0 Å². The number of likely N-dealkylation sites (tertiary alicyclic amines) is 1. The van der Waals surface area contributed by atoms with Crippen LogP contribution >= 0.6 is 11.3 Å². The predicted molar refractivity (Wildman–Crippen MR) is 92.5 cm³/mol. The number of rotatable bonds is 4. The molecule has 1 saturated heterocycles. The number of hydrogen-bond acceptors (Lipinski definition) is 5. The summed E-state index contributed by atoms with van der Waals surface area (Å²) in [7, 11) is -3.69. The third-order valence-electron chi connectivity index (χ3n) is 4.46. The van der Waals surface area contributed by atoms with E-state index in [-0.39, 0.29) is 14.0 Å². The quantitative estimate of drug-likeness (QED) is 0.882. The summed E-state index contributed by atoms with van der Waals surface area (Å²) in [4.78, 5) is 26.0. The van der Waals surface area contributed by atoms with Gasteiger partial charge in [0.1, 0.15) is 9.75 Å². The summed E-state index contributed by atoms with van der Waals surface area (Å²) in [5.41, 5.74) is -1.25. The molecule has 1 aliphatic rings. The van der Waals surface area contributed by atoms with Crippen molar-refractivity contribution in [2.75, 3.05) is 6.54 Å². The maximum atomic E-state index is 12.7. The third-order valence-corrected chi connectivity index (χ3v) is 7.79. The number of amides is 1. The minimum absolute atomic E-state index is 0.0678. The topological polar surface area (TPSA) is 91.8 Å². The van der Waals surface area contributed by atoms with Gasteiger partial charge in [0.15, 0.2) is 0 Å². The number of hydrogen-bond donors (Lipinski definition) is 1. The molecular weight excluding hydrogens is 362 g/mol. The molecule has 0 spiro atoms. The Kier molecular flexibility index (Phi) is 4.42. The van der Waals surface area contributed by atoms with Crippen molar-refractivity contribution in [3.8, 4) is 0 Å². The molecule has 1 aliphatic heterocycles. The van der Waals surface area contributed by atoms with Crippen molar-refractivity contribution in [2.24, 2.45) is 0 Å². The van der Waals surface area contributed by atoms with E-state index in [1.165, 1.54) is 36.1 Å². The number of benzene rings is 1. The van der Waals surface area contributed by atoms with Crippen molar-refractivity contribution in [3.63, 3.8) is 0 Å². The van der Waals surface area contributed by atoms with E-state index in [9.17, 15) is 23.1 Å². The molecule has 8 heteroatoms. The minimum Gasteiger partial charge on any atom is -0.480 e. The fourth-order valence-corrected chi connectivity index (χ4v) is 5.62. The average Bonchev–Trinajstić information content (AvgIpc) is 3.23. The zero-order valence-electron chi connectivity index (χ0n) is 13.5. The first kappa shape index (κ1) is 17.6. The highest BCUT2D eigenvalue weighted by Gasteiger charge is 2.46. The van der Waals surface area contributed by atoms with Gasteiger partial charge in [-0.1, -0.05) is 18.2 Å². The van der Waals surface area contributed by atoms with Crippen LogP contribution in [0.1, 0.15) is 29.4 Å². The SMILES string of the molecule is CC1(C(=O)O)CCCN1C(=O)c1ccc(S(=O)(=O)c2ccccc2)s1. The van der Waals surface area contributed by atoms with Crippen LogP contribution in [0.15, 0.2) is 51.6 Å². The highest BCUT2D eigenvalue weighted by atomic mass is 32.2. The van der Waals surface area contributed by atoms with Gasteiger partial charge < -0.3 is 10.0 Å². The number of carboxylic acid groups (broad SMARTS) is 1. The van der Waals surface area contributed by atoms with Gasteiger partial charge >= 0.3 is 5.97 Å². The molecule has 132 valence electrons. The lowest BCUT2D eigenvalue weighted by atomic mass is 9.99. The van der Waals surface area contributed by atoms with Crippen molar-refractivity contribution in [1.29, 1.82) is 0 Å². The summed E-state index contributed by atoms with van der Waals surface area (Å²) in [6.45, 7) is 1.87. The summed E-state index contributed by atoms with van der Waals surface area (Å²) in [6.07, 6.45) is 0.990. The Morgan fingerprint density at radius 1 is 1.16 bits per heavy atom. The Hall–Kier alpha value is -2.19. The van der Waals surface area contributed by atoms with Crippen LogP contribution in [-0.2, 0) is 14.6 Å². The number of carbonyl (C=O) groups excluding carboxylic acids is 1. The van der Waals surface area contributed by atoms with Gasteiger partial charge in [0.25, 0.3) is 5.91 Å². The molecule has 1 fully saturated rings. The number of carbonyl (C=O) groups is 2. The lowest BCUT2D eigenvalue weighted by molar-refractivity contribution is -0.147. The van der Waals surface area contributed by atoms with Crippen LogP contribution in [0.5, 0.6) is 0 Å². The van der Waals surface area contributed by atoms with Crippen molar-refractivity contribution in [2.45, 2.75) is 34.4 Å². The lowest BCUT2D eigenvalue weighted by Gasteiger charge is -2.30. The van der Waals surface area contributed by atoms with E-state index < -0.39 is 27.3 Å². The largest absolute Gasteiger partial charge is 0.480 e. The molecule has 0 bridgehead atoms. The Morgan fingerprint density at radius 3 is 2.48 bits per heavy atom. The standard InChI is InChI=1S/C17H17NO5S2/c1-17(16(20)21)10-5-11-18(17)15(19)13-8-9-14(24-13)25(22,23)12-6-3-2-4-7-12/h2-4,6-9H,5,10-11H2,1H3,(H,20,21). The van der Waals surface area contributed by atoms with Crippen molar-refractivity contribution in [1.82, 2.24) is 4.90 Å². The molecule has 1 aromatic heterocycles. The molecule has 1 unspecified atom stereocenters. The van der Waals surface area contributed by atoms with Crippen molar-refractivity contribution >= 4 is 33.1 Å². The van der Waals surface area contributed by atoms with Gasteiger partial charge in [-0.25, -0.2) is 13.2 Å². The zero-order chi connectivity index (χ0) is 18.2. The molecule has 1 amide bonds. The molecule has 2 aromatic rings. The molecule has 0 aliphatic carbocycles. The van der Waals surface area contributed by atoms with Crippen LogP contribution < -0.4 is 0 Å². The van der Waals surface area contributed by atoms with Gasteiger partial charge in [0.2, 0.25) is 9.84 Å². The second-order valence-corrected chi connectivity index (χ2v) is 9.33. The number of sulfone groups is 1. The number of carboxylic acids is 1. The second kappa shape index (κ2) is 6.27. The molecule has 25 heavy (non-hydrogen) atoms. The lowest BCUT2D eigenvalue weighted by Crippen LogP contribution is -2.50. The van der Waals surface area contributed by atoms with Crippen LogP contribution in [0.2, 0.25) is 0 Å². The molecule has 1 atom stereocenters. The van der Waals surface area contributed by atoms with Crippen LogP contribution in [-0.4, -0.2) is 42.4 Å². The number of aliphatic carboxylic acids is 1. The maximum absolute atomic E-state index is 12.7. The van der Waals surface area contributed by atoms with Gasteiger partial charge in [-0.05, 0) is 44.0 Å². The number of thiophene rings is 1. The van der Waals surface area contributed by atoms with E-state index >= 15 is 0 Å². The highest BCUT2D eigenvalue weighted by molar-refractivity contribution is 7.93. The van der Waals surface area contributed by atoms with E-state index in [1.54, 1.807) is 18.2 Å². The summed E-state index contributed by atoms with van der Waals surface area (Å²) >= 11 is 0.870. The average molecular weight is 379 g/mol. The first-order valence-electron chi connectivity index (χ1n) is 7.72. The van der Waals surface area contributed by atoms with Gasteiger partial charge in [0.05, 0.1) is 9.77 Å². The first-order chi connectivity index (χ1) is 11.8. The van der Waals surface area contributed by atoms with Gasteiger partial charge in [0, 0.05) is 6.54 Å². The van der Waals surface area contributed by atoms with Crippen LogP contribution in [0.25, 0.3) is 0 Å². The fraction of sp³-hybridized carbons (Fsp3) is 0.294. The summed E-state index contributed by atoms with van der Waals surface area (Å²) in [5.74, 6) is -1.49. The van der Waals surface area contributed by atoms with Crippen molar-refractivity contribution < 1.29 is 23.1 Å². The maximum Gasteiger partial charge on any atom is 0.329 e. The van der Waals surface area contributed by atoms with E-state index in [2.05, 4.69) is 0 Å². The van der Waals surface area contributed by atoms with Gasteiger partial charge in [-0.3, -0.25) is 4.79 Å². The number of nitrogens with zero attached hydrogens (tertiary/aromatic N) is 1. The van der Waals surface area contributed by atoms with E-state index in [0.29, 0.717) is 19.4 Å². The Bertz CT molecular complexity index is 920. The van der Waals surface area contributed by atoms with Crippen LogP contribution in [0.4, 0.5) is 0 Å². The molecule has 3 rings (SSSR count). The predicted octanol–water partition coefficient (Wildman–Crippen LogP) is 2.66. The van der Waals surface area contributed by atoms with Crippen LogP contribution in [0.3, 0.4) is 0 Å². The normalized spacial score (nSPS) is 20.6. The summed E-state index contributed by atoms with van der Waals surface area (Å²) < 4.78 is 25.3. The fourth-order valence-electron chi connectivity index (χ4n) is 2.94. The molecule has 1 N–H and O–H groups in total. The molecule has 6 nitrogen and oxygen atoms in total. The Balaban J connectivity index is 1.92.